The first-order valence-corrected chi connectivity index (χ1v) is 12.0. The van der Waals surface area contributed by atoms with Crippen molar-refractivity contribution in [1.29, 1.82) is 0 Å². The van der Waals surface area contributed by atoms with Crippen LogP contribution in [0.25, 0.3) is 33.7 Å². The molecule has 0 aliphatic heterocycles. The molecule has 0 radical (unpaired) electrons. The smallest absolute Gasteiger partial charge is 0.135 e. The van der Waals surface area contributed by atoms with Crippen LogP contribution in [0.15, 0.2) is 24.3 Å². The molecule has 32 heavy (non-hydrogen) atoms. The minimum absolute atomic E-state index is 0.0794. The van der Waals surface area contributed by atoms with E-state index in [1.807, 2.05) is 12.1 Å². The predicted octanol–water partition coefficient (Wildman–Crippen LogP) is 6.32. The van der Waals surface area contributed by atoms with Crippen molar-refractivity contribution in [2.75, 3.05) is 0 Å². The molecule has 4 N–H and O–H groups in total. The van der Waals surface area contributed by atoms with Gasteiger partial charge in [-0.15, -0.1) is 0 Å². The second-order valence-electron chi connectivity index (χ2n) is 8.65. The molecule has 0 saturated heterocycles. The van der Waals surface area contributed by atoms with E-state index in [2.05, 4.69) is 26.0 Å². The lowest BCUT2D eigenvalue weighted by Gasteiger charge is -2.13. The highest BCUT2D eigenvalue weighted by molar-refractivity contribution is 6.14. The van der Waals surface area contributed by atoms with E-state index in [4.69, 9.17) is 0 Å². The zero-order valence-corrected chi connectivity index (χ0v) is 19.3. The van der Waals surface area contributed by atoms with Crippen LogP contribution >= 0.6 is 0 Å². The Bertz CT molecular complexity index is 1100. The zero-order valence-electron chi connectivity index (χ0n) is 19.3. The Hall–Kier alpha value is -2.88. The van der Waals surface area contributed by atoms with Crippen LogP contribution in [0.2, 0.25) is 0 Å². The molecule has 0 fully saturated rings. The molecule has 0 aliphatic carbocycles. The van der Waals surface area contributed by atoms with Crippen LogP contribution in [0.1, 0.15) is 78.1 Å². The Morgan fingerprint density at radius 2 is 0.938 bits per heavy atom. The number of phenols is 4. The fourth-order valence-electron chi connectivity index (χ4n) is 4.45. The van der Waals surface area contributed by atoms with Gasteiger partial charge in [0.05, 0.1) is 10.8 Å². The predicted molar refractivity (Wildman–Crippen MR) is 134 cm³/mol. The van der Waals surface area contributed by atoms with E-state index in [-0.39, 0.29) is 33.8 Å². The fourth-order valence-corrected chi connectivity index (χ4v) is 4.45. The van der Waals surface area contributed by atoms with Crippen LogP contribution in [-0.2, 0) is 0 Å². The quantitative estimate of drug-likeness (QED) is 0.170. The Balaban J connectivity index is 2.24. The van der Waals surface area contributed by atoms with Crippen LogP contribution in [0, 0.1) is 0 Å². The minimum atomic E-state index is -0.171. The van der Waals surface area contributed by atoms with E-state index >= 15 is 0 Å². The maximum Gasteiger partial charge on any atom is 0.135 e. The summed E-state index contributed by atoms with van der Waals surface area (Å²) in [5, 5.41) is 46.1. The molecule has 0 atom stereocenters. The SMILES string of the molecule is CCCCCC/C=c1\cc/c(=C\CCCCCC)c2c(O)c3c(O)ccc(O)c3c(O)c12. The molecule has 3 aromatic carbocycles. The average molecular weight is 437 g/mol. The average Bonchev–Trinajstić information content (AvgIpc) is 2.78. The molecule has 4 heteroatoms. The number of fused-ring (bicyclic) bond motifs is 2. The Morgan fingerprint density at radius 1 is 0.531 bits per heavy atom. The summed E-state index contributed by atoms with van der Waals surface area (Å²) in [5.41, 5.74) is 0. The first-order valence-electron chi connectivity index (χ1n) is 12.0. The molecule has 0 saturated carbocycles. The van der Waals surface area contributed by atoms with E-state index in [9.17, 15) is 20.4 Å². The summed E-state index contributed by atoms with van der Waals surface area (Å²) in [6.45, 7) is 4.37. The Morgan fingerprint density at radius 3 is 1.31 bits per heavy atom. The van der Waals surface area contributed by atoms with Gasteiger partial charge in [-0.25, -0.2) is 0 Å². The van der Waals surface area contributed by atoms with Crippen molar-refractivity contribution in [1.82, 2.24) is 0 Å². The first kappa shape index (κ1) is 23.8. The second kappa shape index (κ2) is 11.1. The van der Waals surface area contributed by atoms with Crippen molar-refractivity contribution < 1.29 is 20.4 Å². The molecule has 0 heterocycles. The standard InChI is InChI=1S/C28H36O4/c1-3-5-7-9-11-13-19-15-16-20(14-12-10-8-6-4-2)24-23(19)27(31)25-21(29)17-18-22(30)26(25)28(24)32/h13-18,29-32H,3-12H2,1-2H3/b19-13+,20-14+. The monoisotopic (exact) mass is 436 g/mol. The van der Waals surface area contributed by atoms with Crippen molar-refractivity contribution in [3.8, 4) is 23.0 Å². The van der Waals surface area contributed by atoms with Gasteiger partial charge >= 0.3 is 0 Å². The molecule has 3 aromatic rings. The topological polar surface area (TPSA) is 80.9 Å². The lowest BCUT2D eigenvalue weighted by Crippen LogP contribution is -2.12. The van der Waals surface area contributed by atoms with Crippen molar-refractivity contribution in [3.05, 3.63) is 34.7 Å². The van der Waals surface area contributed by atoms with Crippen LogP contribution < -0.4 is 10.4 Å². The highest BCUT2D eigenvalue weighted by Gasteiger charge is 2.20. The zero-order chi connectivity index (χ0) is 23.1. The van der Waals surface area contributed by atoms with Crippen molar-refractivity contribution >= 4 is 33.7 Å². The van der Waals surface area contributed by atoms with E-state index in [0.717, 1.165) is 49.0 Å². The van der Waals surface area contributed by atoms with Crippen LogP contribution in [-0.4, -0.2) is 20.4 Å². The number of hydrogen-bond acceptors (Lipinski definition) is 4. The third kappa shape index (κ3) is 4.95. The fraction of sp³-hybridized carbons (Fsp3) is 0.429. The highest BCUT2D eigenvalue weighted by atomic mass is 16.3. The molecule has 0 bridgehead atoms. The van der Waals surface area contributed by atoms with E-state index < -0.39 is 0 Å². The number of aromatic hydroxyl groups is 4. The molecular formula is C28H36O4. The number of rotatable bonds is 10. The summed E-state index contributed by atoms with van der Waals surface area (Å²) in [7, 11) is 0. The molecule has 0 spiro atoms. The van der Waals surface area contributed by atoms with Gasteiger partial charge in [0.25, 0.3) is 0 Å². The van der Waals surface area contributed by atoms with Crippen LogP contribution in [0.3, 0.4) is 0 Å². The molecule has 0 amide bonds. The van der Waals surface area contributed by atoms with Gasteiger partial charge in [-0.2, -0.15) is 0 Å². The van der Waals surface area contributed by atoms with Gasteiger partial charge in [-0.05, 0) is 48.3 Å². The van der Waals surface area contributed by atoms with Gasteiger partial charge in [0, 0.05) is 10.8 Å². The number of benzene rings is 3. The van der Waals surface area contributed by atoms with Crippen LogP contribution in [0.5, 0.6) is 23.0 Å². The molecule has 172 valence electrons. The summed E-state index contributed by atoms with van der Waals surface area (Å²) >= 11 is 0. The lowest BCUT2D eigenvalue weighted by molar-refractivity contribution is 0.451. The maximum atomic E-state index is 11.2. The van der Waals surface area contributed by atoms with E-state index in [1.54, 1.807) is 0 Å². The van der Waals surface area contributed by atoms with Crippen molar-refractivity contribution in [2.45, 2.75) is 78.1 Å². The Kier molecular flexibility index (Phi) is 8.26. The third-order valence-corrected chi connectivity index (χ3v) is 6.22. The van der Waals surface area contributed by atoms with Crippen molar-refractivity contribution in [2.24, 2.45) is 0 Å². The van der Waals surface area contributed by atoms with Gasteiger partial charge in [0.1, 0.15) is 23.0 Å². The van der Waals surface area contributed by atoms with Gasteiger partial charge in [-0.1, -0.05) is 76.7 Å². The molecule has 3 rings (SSSR count). The molecule has 4 nitrogen and oxygen atoms in total. The minimum Gasteiger partial charge on any atom is -0.507 e. The van der Waals surface area contributed by atoms with Crippen molar-refractivity contribution in [3.63, 3.8) is 0 Å². The molecule has 0 aliphatic rings. The summed E-state index contributed by atoms with van der Waals surface area (Å²) in [6.07, 6.45) is 15.1. The summed E-state index contributed by atoms with van der Waals surface area (Å²) in [6, 6.07) is 6.62. The summed E-state index contributed by atoms with van der Waals surface area (Å²) in [5.74, 6) is -0.560. The first-order chi connectivity index (χ1) is 15.5. The molecular weight excluding hydrogens is 400 g/mol. The highest BCUT2D eigenvalue weighted by Crippen LogP contribution is 2.46. The second-order valence-corrected chi connectivity index (χ2v) is 8.65. The Labute approximate surface area is 190 Å². The normalized spacial score (nSPS) is 12.9. The number of hydrogen-bond donors (Lipinski definition) is 4. The van der Waals surface area contributed by atoms with E-state index in [0.29, 0.717) is 10.8 Å². The van der Waals surface area contributed by atoms with Gasteiger partial charge in [0.15, 0.2) is 0 Å². The molecule has 0 unspecified atom stereocenters. The summed E-state index contributed by atoms with van der Waals surface area (Å²) in [4.78, 5) is 0. The summed E-state index contributed by atoms with van der Waals surface area (Å²) < 4.78 is 0. The third-order valence-electron chi connectivity index (χ3n) is 6.22. The van der Waals surface area contributed by atoms with Crippen LogP contribution in [0.4, 0.5) is 0 Å². The van der Waals surface area contributed by atoms with E-state index in [1.165, 1.54) is 37.8 Å². The van der Waals surface area contributed by atoms with Gasteiger partial charge in [-0.3, -0.25) is 0 Å². The molecule has 0 aromatic heterocycles. The number of unbranched alkanes of at least 4 members (excludes halogenated alkanes) is 8. The lowest BCUT2D eigenvalue weighted by atomic mass is 9.95. The number of phenolic OH excluding ortho intramolecular Hbond substituents is 4. The largest absolute Gasteiger partial charge is 0.507 e. The van der Waals surface area contributed by atoms with Gasteiger partial charge < -0.3 is 20.4 Å². The maximum absolute atomic E-state index is 11.2. The van der Waals surface area contributed by atoms with Gasteiger partial charge in [0.2, 0.25) is 0 Å².